The lowest BCUT2D eigenvalue weighted by atomic mass is 10.1. The number of benzene rings is 2. The van der Waals surface area contributed by atoms with Crippen LogP contribution in [-0.4, -0.2) is 18.8 Å². The lowest BCUT2D eigenvalue weighted by molar-refractivity contribution is 0.107. The molecule has 2 aromatic rings. The summed E-state index contributed by atoms with van der Waals surface area (Å²) >= 11 is 0. The molecule has 0 fully saturated rings. The molecule has 0 saturated heterocycles. The Morgan fingerprint density at radius 3 is 2.47 bits per heavy atom. The molecule has 0 spiro atoms. The molecule has 2 N–H and O–H groups in total. The lowest BCUT2D eigenvalue weighted by Gasteiger charge is -2.15. The Morgan fingerprint density at radius 1 is 1.05 bits per heavy atom. The Hall–Kier alpha value is -1.84. The summed E-state index contributed by atoms with van der Waals surface area (Å²) < 4.78 is 5.72. The zero-order valence-electron chi connectivity index (χ0n) is 11.0. The second-order valence-electron chi connectivity index (χ2n) is 4.38. The van der Waals surface area contributed by atoms with E-state index in [0.29, 0.717) is 0 Å². The highest BCUT2D eigenvalue weighted by Crippen LogP contribution is 2.20. The normalized spacial score (nSPS) is 12.1. The summed E-state index contributed by atoms with van der Waals surface area (Å²) in [7, 11) is 1.90. The highest BCUT2D eigenvalue weighted by Gasteiger charge is 2.09. The summed E-state index contributed by atoms with van der Waals surface area (Å²) in [5.74, 6) is 0.812. The molecule has 2 aromatic carbocycles. The second kappa shape index (κ2) is 6.92. The van der Waals surface area contributed by atoms with Gasteiger partial charge in [0, 0.05) is 12.1 Å². The minimum Gasteiger partial charge on any atom is -0.490 e. The van der Waals surface area contributed by atoms with E-state index < -0.39 is 6.10 Å². The third-order valence-corrected chi connectivity index (χ3v) is 2.92. The Morgan fingerprint density at radius 2 is 1.74 bits per heavy atom. The summed E-state index contributed by atoms with van der Waals surface area (Å²) in [6.07, 6.45) is -0.608. The van der Waals surface area contributed by atoms with Gasteiger partial charge in [-0.2, -0.15) is 0 Å². The zero-order valence-corrected chi connectivity index (χ0v) is 11.0. The van der Waals surface area contributed by atoms with Crippen molar-refractivity contribution in [3.05, 3.63) is 65.7 Å². The molecular weight excluding hydrogens is 238 g/mol. The van der Waals surface area contributed by atoms with Gasteiger partial charge in [-0.15, -0.1) is 0 Å². The molecule has 0 aliphatic heterocycles. The molecular formula is C16H19NO2. The fourth-order valence-electron chi connectivity index (χ4n) is 1.92. The van der Waals surface area contributed by atoms with Gasteiger partial charge in [-0.25, -0.2) is 0 Å². The van der Waals surface area contributed by atoms with Crippen LogP contribution in [-0.2, 0) is 6.54 Å². The van der Waals surface area contributed by atoms with Crippen LogP contribution < -0.4 is 10.1 Å². The molecule has 1 atom stereocenters. The van der Waals surface area contributed by atoms with E-state index in [1.807, 2.05) is 61.6 Å². The Bertz CT molecular complexity index is 499. The maximum absolute atomic E-state index is 10.1. The Kier molecular flexibility index (Phi) is 4.95. The third-order valence-electron chi connectivity index (χ3n) is 2.92. The SMILES string of the molecule is CNCc1ccccc1OCC(O)c1ccccc1. The Balaban J connectivity index is 1.99. The summed E-state index contributed by atoms with van der Waals surface area (Å²) in [6, 6.07) is 17.4. The molecule has 0 aliphatic carbocycles. The first-order chi connectivity index (χ1) is 9.31. The van der Waals surface area contributed by atoms with Crippen molar-refractivity contribution in [3.63, 3.8) is 0 Å². The number of nitrogens with one attached hydrogen (secondary N) is 1. The first-order valence-corrected chi connectivity index (χ1v) is 6.39. The first-order valence-electron chi connectivity index (χ1n) is 6.39. The van der Waals surface area contributed by atoms with Gasteiger partial charge >= 0.3 is 0 Å². The lowest BCUT2D eigenvalue weighted by Crippen LogP contribution is -2.12. The van der Waals surface area contributed by atoms with Crippen LogP contribution in [0.4, 0.5) is 0 Å². The Labute approximate surface area is 113 Å². The van der Waals surface area contributed by atoms with Gasteiger partial charge in [-0.05, 0) is 18.7 Å². The fraction of sp³-hybridized carbons (Fsp3) is 0.250. The van der Waals surface area contributed by atoms with Crippen LogP contribution in [0.5, 0.6) is 5.75 Å². The van der Waals surface area contributed by atoms with E-state index in [4.69, 9.17) is 4.74 Å². The topological polar surface area (TPSA) is 41.5 Å². The molecule has 0 aromatic heterocycles. The van der Waals surface area contributed by atoms with E-state index in [1.165, 1.54) is 0 Å². The summed E-state index contributed by atoms with van der Waals surface area (Å²) in [5.41, 5.74) is 1.96. The highest BCUT2D eigenvalue weighted by atomic mass is 16.5. The number of aliphatic hydroxyl groups excluding tert-OH is 1. The quantitative estimate of drug-likeness (QED) is 0.835. The maximum Gasteiger partial charge on any atom is 0.123 e. The van der Waals surface area contributed by atoms with Gasteiger partial charge in [0.15, 0.2) is 0 Å². The number of hydrogen-bond donors (Lipinski definition) is 2. The molecule has 0 radical (unpaired) electrons. The van der Waals surface area contributed by atoms with Crippen LogP contribution >= 0.6 is 0 Å². The number of ether oxygens (including phenoxy) is 1. The van der Waals surface area contributed by atoms with Crippen molar-refractivity contribution in [3.8, 4) is 5.75 Å². The maximum atomic E-state index is 10.1. The number of hydrogen-bond acceptors (Lipinski definition) is 3. The van der Waals surface area contributed by atoms with Crippen molar-refractivity contribution in [2.24, 2.45) is 0 Å². The van der Waals surface area contributed by atoms with E-state index >= 15 is 0 Å². The molecule has 3 heteroatoms. The first kappa shape index (κ1) is 13.6. The smallest absolute Gasteiger partial charge is 0.123 e. The molecule has 1 unspecified atom stereocenters. The summed E-state index contributed by atoms with van der Waals surface area (Å²) in [5, 5.41) is 13.2. The molecule has 100 valence electrons. The van der Waals surface area contributed by atoms with E-state index in [1.54, 1.807) is 0 Å². The second-order valence-corrected chi connectivity index (χ2v) is 4.38. The van der Waals surface area contributed by atoms with E-state index in [0.717, 1.165) is 23.4 Å². The van der Waals surface area contributed by atoms with Gasteiger partial charge in [0.25, 0.3) is 0 Å². The molecule has 0 amide bonds. The molecule has 0 saturated carbocycles. The minimum absolute atomic E-state index is 0.255. The fourth-order valence-corrected chi connectivity index (χ4v) is 1.92. The standard InChI is InChI=1S/C16H19NO2/c1-17-11-14-9-5-6-10-16(14)19-12-15(18)13-7-3-2-4-8-13/h2-10,15,17-18H,11-12H2,1H3. The van der Waals surface area contributed by atoms with Crippen molar-refractivity contribution in [1.82, 2.24) is 5.32 Å². The minimum atomic E-state index is -0.608. The zero-order chi connectivity index (χ0) is 13.5. The average Bonchev–Trinajstić information content (AvgIpc) is 2.47. The van der Waals surface area contributed by atoms with Gasteiger partial charge in [-0.3, -0.25) is 0 Å². The van der Waals surface area contributed by atoms with Crippen molar-refractivity contribution in [2.75, 3.05) is 13.7 Å². The number of aliphatic hydroxyl groups is 1. The highest BCUT2D eigenvalue weighted by molar-refractivity contribution is 5.33. The van der Waals surface area contributed by atoms with E-state index in [9.17, 15) is 5.11 Å². The van der Waals surface area contributed by atoms with Crippen LogP contribution in [0.1, 0.15) is 17.2 Å². The van der Waals surface area contributed by atoms with Gasteiger partial charge < -0.3 is 15.2 Å². The van der Waals surface area contributed by atoms with Crippen molar-refractivity contribution >= 4 is 0 Å². The van der Waals surface area contributed by atoms with Crippen LogP contribution in [0.3, 0.4) is 0 Å². The van der Waals surface area contributed by atoms with Gasteiger partial charge in [0.05, 0.1) is 0 Å². The van der Waals surface area contributed by atoms with Crippen molar-refractivity contribution in [1.29, 1.82) is 0 Å². The molecule has 0 bridgehead atoms. The molecule has 2 rings (SSSR count). The van der Waals surface area contributed by atoms with Crippen LogP contribution in [0.15, 0.2) is 54.6 Å². The van der Waals surface area contributed by atoms with Crippen LogP contribution in [0, 0.1) is 0 Å². The molecule has 0 aliphatic rings. The summed E-state index contributed by atoms with van der Waals surface area (Å²) in [4.78, 5) is 0. The third kappa shape index (κ3) is 3.81. The average molecular weight is 257 g/mol. The van der Waals surface area contributed by atoms with E-state index in [2.05, 4.69) is 5.32 Å². The van der Waals surface area contributed by atoms with Gasteiger partial charge in [0.1, 0.15) is 18.5 Å². The van der Waals surface area contributed by atoms with Crippen molar-refractivity contribution in [2.45, 2.75) is 12.6 Å². The van der Waals surface area contributed by atoms with Crippen molar-refractivity contribution < 1.29 is 9.84 Å². The predicted octanol–water partition coefficient (Wildman–Crippen LogP) is 2.52. The van der Waals surface area contributed by atoms with Gasteiger partial charge in [-0.1, -0.05) is 48.5 Å². The molecule has 19 heavy (non-hydrogen) atoms. The molecule has 0 heterocycles. The monoisotopic (exact) mass is 257 g/mol. The molecule has 3 nitrogen and oxygen atoms in total. The van der Waals surface area contributed by atoms with Crippen LogP contribution in [0.2, 0.25) is 0 Å². The predicted molar refractivity (Wildman–Crippen MR) is 76.1 cm³/mol. The van der Waals surface area contributed by atoms with Gasteiger partial charge in [0.2, 0.25) is 0 Å². The summed E-state index contributed by atoms with van der Waals surface area (Å²) in [6.45, 7) is 1.00. The van der Waals surface area contributed by atoms with Crippen LogP contribution in [0.25, 0.3) is 0 Å². The number of para-hydroxylation sites is 1. The largest absolute Gasteiger partial charge is 0.490 e. The van der Waals surface area contributed by atoms with E-state index in [-0.39, 0.29) is 6.61 Å². The number of rotatable bonds is 6.